The highest BCUT2D eigenvalue weighted by Gasteiger charge is 2.53. The molecule has 16 heavy (non-hydrogen) atoms. The van der Waals surface area contributed by atoms with Gasteiger partial charge in [-0.1, -0.05) is 11.6 Å². The first kappa shape index (κ1) is 12.3. The van der Waals surface area contributed by atoms with Crippen LogP contribution in [0.1, 0.15) is 40.5 Å². The monoisotopic (exact) mass is 259 g/mol. The van der Waals surface area contributed by atoms with Crippen LogP contribution in [-0.4, -0.2) is 26.5 Å². The highest BCUT2D eigenvalue weighted by molar-refractivity contribution is 8.02. The molecule has 0 bridgehead atoms. The van der Waals surface area contributed by atoms with Gasteiger partial charge in [0.05, 0.1) is 10.9 Å². The number of allylic oxidation sites excluding steroid dienone is 1. The summed E-state index contributed by atoms with van der Waals surface area (Å²) in [7, 11) is 0. The summed E-state index contributed by atoms with van der Waals surface area (Å²) in [5.41, 5.74) is 0. The van der Waals surface area contributed by atoms with Crippen LogP contribution in [0.3, 0.4) is 0 Å². The van der Waals surface area contributed by atoms with E-state index >= 15 is 0 Å². The van der Waals surface area contributed by atoms with Crippen LogP contribution in [0.15, 0.2) is 11.1 Å². The average molecular weight is 260 g/mol. The first-order valence-electron chi connectivity index (χ1n) is 5.62. The molecule has 1 saturated heterocycles. The summed E-state index contributed by atoms with van der Waals surface area (Å²) in [6, 6.07) is 0.120. The molecule has 2 rings (SSSR count). The van der Waals surface area contributed by atoms with Gasteiger partial charge in [0.1, 0.15) is 0 Å². The smallest absolute Gasteiger partial charge is 0.224 e. The molecule has 2 aliphatic heterocycles. The van der Waals surface area contributed by atoms with Crippen molar-refractivity contribution in [3.8, 4) is 0 Å². The van der Waals surface area contributed by atoms with Crippen molar-refractivity contribution in [1.29, 1.82) is 0 Å². The van der Waals surface area contributed by atoms with E-state index in [9.17, 15) is 4.79 Å². The first-order valence-corrected chi connectivity index (χ1v) is 6.82. The lowest BCUT2D eigenvalue weighted by Gasteiger charge is -2.33. The molecular weight excluding hydrogens is 242 g/mol. The predicted octanol–water partition coefficient (Wildman–Crippen LogP) is 3.36. The molecule has 0 unspecified atom stereocenters. The molecule has 90 valence electrons. The third kappa shape index (κ3) is 1.88. The van der Waals surface area contributed by atoms with Crippen LogP contribution in [0.4, 0.5) is 0 Å². The number of nitrogens with zero attached hydrogens (tertiary/aromatic N) is 1. The predicted molar refractivity (Wildman–Crippen MR) is 69.6 cm³/mol. The van der Waals surface area contributed by atoms with E-state index in [1.54, 1.807) is 0 Å². The Kier molecular flexibility index (Phi) is 2.83. The first-order chi connectivity index (χ1) is 7.24. The van der Waals surface area contributed by atoms with E-state index in [2.05, 4.69) is 33.8 Å². The zero-order valence-electron chi connectivity index (χ0n) is 10.2. The van der Waals surface area contributed by atoms with Gasteiger partial charge in [0.2, 0.25) is 5.91 Å². The summed E-state index contributed by atoms with van der Waals surface area (Å²) in [4.78, 5) is 14.0. The SMILES string of the molecule is CC1(C)SC(C)(C)N2C(=O)CCC(Cl)=C[C@H]21. The quantitative estimate of drug-likeness (QED) is 0.665. The number of amides is 1. The van der Waals surface area contributed by atoms with Gasteiger partial charge in [-0.25, -0.2) is 0 Å². The molecule has 0 aliphatic carbocycles. The lowest BCUT2D eigenvalue weighted by molar-refractivity contribution is -0.134. The van der Waals surface area contributed by atoms with E-state index in [4.69, 9.17) is 11.6 Å². The second kappa shape index (κ2) is 3.67. The minimum Gasteiger partial charge on any atom is -0.321 e. The molecule has 0 spiro atoms. The van der Waals surface area contributed by atoms with E-state index < -0.39 is 0 Å². The van der Waals surface area contributed by atoms with Crippen molar-refractivity contribution < 1.29 is 4.79 Å². The number of hydrogen-bond acceptors (Lipinski definition) is 2. The molecule has 2 nitrogen and oxygen atoms in total. The lowest BCUT2D eigenvalue weighted by Crippen LogP contribution is -2.47. The Hall–Kier alpha value is -0.150. The molecule has 2 heterocycles. The van der Waals surface area contributed by atoms with E-state index in [0.717, 1.165) is 5.03 Å². The van der Waals surface area contributed by atoms with Crippen LogP contribution in [0.25, 0.3) is 0 Å². The molecule has 0 N–H and O–H groups in total. The minimum atomic E-state index is -0.136. The van der Waals surface area contributed by atoms with E-state index in [0.29, 0.717) is 12.8 Å². The van der Waals surface area contributed by atoms with Gasteiger partial charge in [0, 0.05) is 16.2 Å². The maximum Gasteiger partial charge on any atom is 0.224 e. The molecule has 0 aromatic heterocycles. The summed E-state index contributed by atoms with van der Waals surface area (Å²) < 4.78 is 0.0314. The Morgan fingerprint density at radius 2 is 2.00 bits per heavy atom. The summed E-state index contributed by atoms with van der Waals surface area (Å²) in [5.74, 6) is 0.222. The van der Waals surface area contributed by atoms with Crippen LogP contribution in [0.2, 0.25) is 0 Å². The molecule has 0 saturated carbocycles. The minimum absolute atomic E-state index is 0.0314. The van der Waals surface area contributed by atoms with Crippen molar-refractivity contribution >= 4 is 29.3 Å². The average Bonchev–Trinajstić information content (AvgIpc) is 2.25. The van der Waals surface area contributed by atoms with Gasteiger partial charge < -0.3 is 4.90 Å². The Labute approximate surface area is 106 Å². The zero-order chi connectivity index (χ0) is 12.1. The van der Waals surface area contributed by atoms with Crippen molar-refractivity contribution in [3.63, 3.8) is 0 Å². The highest BCUT2D eigenvalue weighted by atomic mass is 35.5. The van der Waals surface area contributed by atoms with Gasteiger partial charge in [-0.15, -0.1) is 11.8 Å². The second-order valence-electron chi connectivity index (χ2n) is 5.47. The molecular formula is C12H18ClNOS. The molecule has 1 fully saturated rings. The van der Waals surface area contributed by atoms with Gasteiger partial charge >= 0.3 is 0 Å². The third-order valence-electron chi connectivity index (χ3n) is 3.27. The molecule has 4 heteroatoms. The summed E-state index contributed by atoms with van der Waals surface area (Å²) in [5, 5.41) is 0.826. The van der Waals surface area contributed by atoms with Crippen LogP contribution < -0.4 is 0 Å². The van der Waals surface area contributed by atoms with E-state index in [1.165, 1.54) is 0 Å². The van der Waals surface area contributed by atoms with Gasteiger partial charge in [0.15, 0.2) is 0 Å². The summed E-state index contributed by atoms with van der Waals surface area (Å²) >= 11 is 7.99. The van der Waals surface area contributed by atoms with Crippen LogP contribution in [0.5, 0.6) is 0 Å². The number of rotatable bonds is 0. The van der Waals surface area contributed by atoms with Gasteiger partial charge in [-0.2, -0.15) is 0 Å². The molecule has 0 radical (unpaired) electrons. The van der Waals surface area contributed by atoms with Gasteiger partial charge in [0.25, 0.3) is 0 Å². The van der Waals surface area contributed by atoms with E-state index in [1.807, 2.05) is 16.7 Å². The second-order valence-corrected chi connectivity index (χ2v) is 8.22. The van der Waals surface area contributed by atoms with Gasteiger partial charge in [-0.3, -0.25) is 4.79 Å². The molecule has 0 aromatic rings. The summed E-state index contributed by atoms with van der Waals surface area (Å²) in [6.45, 7) is 8.60. The van der Waals surface area contributed by atoms with Crippen LogP contribution in [-0.2, 0) is 4.79 Å². The topological polar surface area (TPSA) is 20.3 Å². The normalized spacial score (nSPS) is 32.1. The summed E-state index contributed by atoms with van der Waals surface area (Å²) in [6.07, 6.45) is 3.28. The molecule has 1 atom stereocenters. The fourth-order valence-electron chi connectivity index (χ4n) is 2.73. The van der Waals surface area contributed by atoms with Gasteiger partial charge in [-0.05, 0) is 40.2 Å². The highest BCUT2D eigenvalue weighted by Crippen LogP contribution is 2.52. The molecule has 1 amide bonds. The Morgan fingerprint density at radius 1 is 1.38 bits per heavy atom. The van der Waals surface area contributed by atoms with Crippen LogP contribution in [0, 0.1) is 0 Å². The van der Waals surface area contributed by atoms with Crippen molar-refractivity contribution in [2.24, 2.45) is 0 Å². The van der Waals surface area contributed by atoms with Crippen molar-refractivity contribution in [2.45, 2.75) is 56.2 Å². The van der Waals surface area contributed by atoms with Crippen LogP contribution >= 0.6 is 23.4 Å². The number of carbonyl (C=O) groups is 1. The largest absolute Gasteiger partial charge is 0.321 e. The number of carbonyl (C=O) groups excluding carboxylic acids is 1. The molecule has 0 aromatic carbocycles. The fourth-order valence-corrected chi connectivity index (χ4v) is 4.84. The maximum absolute atomic E-state index is 12.2. The van der Waals surface area contributed by atoms with Crippen molar-refractivity contribution in [3.05, 3.63) is 11.1 Å². The number of hydrogen-bond donors (Lipinski definition) is 0. The Balaban J connectivity index is 2.47. The number of halogens is 1. The van der Waals surface area contributed by atoms with E-state index in [-0.39, 0.29) is 21.6 Å². The number of fused-ring (bicyclic) bond motifs is 1. The number of thioether (sulfide) groups is 1. The fraction of sp³-hybridized carbons (Fsp3) is 0.750. The van der Waals surface area contributed by atoms with Crippen molar-refractivity contribution in [1.82, 2.24) is 4.90 Å². The standard InChI is InChI=1S/C12H18ClNOS/c1-11(2)9-7-8(13)5-6-10(15)14(9)12(3,4)16-11/h7,9H,5-6H2,1-4H3/t9-/m0/s1. The maximum atomic E-state index is 12.2. The molecule has 2 aliphatic rings. The Morgan fingerprint density at radius 3 is 2.62 bits per heavy atom. The third-order valence-corrected chi connectivity index (χ3v) is 5.05. The zero-order valence-corrected chi connectivity index (χ0v) is 11.8. The Bertz CT molecular complexity index is 362. The van der Waals surface area contributed by atoms with Crippen molar-refractivity contribution in [2.75, 3.05) is 0 Å². The lowest BCUT2D eigenvalue weighted by atomic mass is 10.0.